The van der Waals surface area contributed by atoms with Gasteiger partial charge in [-0.3, -0.25) is 19.3 Å². The summed E-state index contributed by atoms with van der Waals surface area (Å²) in [6.07, 6.45) is 3.18. The van der Waals surface area contributed by atoms with Crippen LogP contribution in [0.2, 0.25) is 0 Å². The number of carbonyl (C=O) groups excluding carboxylic acids is 1. The average molecular weight is 330 g/mol. The molecule has 0 saturated heterocycles. The molecule has 1 aromatic heterocycles. The second-order valence-corrected chi connectivity index (χ2v) is 5.51. The standard InChI is InChI=1S/C12H17N3O4S2/c1-3-15-10(17)7(9(16)14-12(15)20)6-13-8(11(18)19)4-5-21-2/h6,8,17H,3-5H2,1-2H3,(H,18,19)(H,14,16,20)/p-1/t8-/m0/s1. The number of carboxylic acid groups (broad SMARTS) is 1. The minimum Gasteiger partial charge on any atom is -0.548 e. The maximum atomic E-state index is 11.8. The highest BCUT2D eigenvalue weighted by atomic mass is 32.2. The number of nitrogens with zero attached hydrogens (tertiary/aromatic N) is 2. The maximum absolute atomic E-state index is 11.8. The molecule has 0 aromatic carbocycles. The summed E-state index contributed by atoms with van der Waals surface area (Å²) >= 11 is 6.40. The van der Waals surface area contributed by atoms with Crippen LogP contribution >= 0.6 is 24.0 Å². The largest absolute Gasteiger partial charge is 0.548 e. The van der Waals surface area contributed by atoms with E-state index in [0.717, 1.165) is 6.21 Å². The number of carboxylic acids is 1. The summed E-state index contributed by atoms with van der Waals surface area (Å²) in [5.41, 5.74) is -0.742. The molecule has 116 valence electrons. The molecule has 9 heteroatoms. The van der Waals surface area contributed by atoms with Crippen LogP contribution in [0.25, 0.3) is 0 Å². The summed E-state index contributed by atoms with van der Waals surface area (Å²) < 4.78 is 1.41. The van der Waals surface area contributed by atoms with Crippen LogP contribution in [-0.4, -0.2) is 44.9 Å². The van der Waals surface area contributed by atoms with Gasteiger partial charge in [0.05, 0.1) is 12.0 Å². The SMILES string of the molecule is CCn1c(O)c(C=N[C@@H](CCSC)C(=O)[O-])c(=O)[nH]c1=S. The summed E-state index contributed by atoms with van der Waals surface area (Å²) in [5, 5.41) is 21.0. The first-order valence-corrected chi connectivity index (χ1v) is 8.01. The van der Waals surface area contributed by atoms with Crippen LogP contribution in [0.4, 0.5) is 0 Å². The number of aliphatic carboxylic acids is 1. The van der Waals surface area contributed by atoms with E-state index in [4.69, 9.17) is 12.2 Å². The third-order valence-electron chi connectivity index (χ3n) is 2.77. The molecule has 0 bridgehead atoms. The van der Waals surface area contributed by atoms with Crippen LogP contribution in [0.15, 0.2) is 9.79 Å². The van der Waals surface area contributed by atoms with Crippen molar-refractivity contribution in [3.05, 3.63) is 20.7 Å². The topological polar surface area (TPSA) is 111 Å². The van der Waals surface area contributed by atoms with Crippen LogP contribution in [0.3, 0.4) is 0 Å². The zero-order chi connectivity index (χ0) is 16.0. The van der Waals surface area contributed by atoms with Crippen molar-refractivity contribution in [1.82, 2.24) is 9.55 Å². The molecule has 0 radical (unpaired) electrons. The Morgan fingerprint density at radius 1 is 1.67 bits per heavy atom. The monoisotopic (exact) mass is 330 g/mol. The van der Waals surface area contributed by atoms with E-state index in [2.05, 4.69) is 9.98 Å². The Balaban J connectivity index is 3.17. The van der Waals surface area contributed by atoms with E-state index in [9.17, 15) is 19.8 Å². The number of nitrogens with one attached hydrogen (secondary N) is 1. The summed E-state index contributed by atoms with van der Waals surface area (Å²) in [4.78, 5) is 29.0. The Morgan fingerprint density at radius 2 is 2.33 bits per heavy atom. The number of aromatic hydroxyl groups is 1. The van der Waals surface area contributed by atoms with Gasteiger partial charge in [0.1, 0.15) is 5.56 Å². The average Bonchev–Trinajstić information content (AvgIpc) is 2.41. The van der Waals surface area contributed by atoms with Gasteiger partial charge >= 0.3 is 0 Å². The van der Waals surface area contributed by atoms with Gasteiger partial charge < -0.3 is 15.0 Å². The number of aromatic amines is 1. The molecular weight excluding hydrogens is 314 g/mol. The lowest BCUT2D eigenvalue weighted by Crippen LogP contribution is -2.35. The van der Waals surface area contributed by atoms with Gasteiger partial charge in [0.25, 0.3) is 5.56 Å². The van der Waals surface area contributed by atoms with Crippen molar-refractivity contribution in [2.45, 2.75) is 25.9 Å². The summed E-state index contributed by atoms with van der Waals surface area (Å²) in [7, 11) is 0. The van der Waals surface area contributed by atoms with E-state index in [-0.39, 0.29) is 22.6 Å². The fraction of sp³-hybridized carbons (Fsp3) is 0.500. The molecule has 1 heterocycles. The highest BCUT2D eigenvalue weighted by Gasteiger charge is 2.12. The summed E-state index contributed by atoms with van der Waals surface area (Å²) in [6, 6.07) is -1.06. The van der Waals surface area contributed by atoms with Crippen LogP contribution < -0.4 is 10.7 Å². The molecule has 0 spiro atoms. The molecular formula is C12H16N3O4S2-. The number of rotatable bonds is 7. The lowest BCUT2D eigenvalue weighted by atomic mass is 10.2. The molecule has 0 aliphatic rings. The smallest absolute Gasteiger partial charge is 0.264 e. The number of aromatic nitrogens is 2. The molecule has 0 fully saturated rings. The van der Waals surface area contributed by atoms with Crippen LogP contribution in [0.1, 0.15) is 18.9 Å². The zero-order valence-electron chi connectivity index (χ0n) is 11.7. The highest BCUT2D eigenvalue weighted by molar-refractivity contribution is 7.98. The second-order valence-electron chi connectivity index (χ2n) is 4.14. The third-order valence-corrected chi connectivity index (χ3v) is 3.74. The number of thioether (sulfide) groups is 1. The third kappa shape index (κ3) is 4.43. The van der Waals surface area contributed by atoms with Gasteiger partial charge in [0.2, 0.25) is 5.88 Å². The van der Waals surface area contributed by atoms with Gasteiger partial charge in [-0.05, 0) is 37.6 Å². The van der Waals surface area contributed by atoms with Crippen molar-refractivity contribution in [3.63, 3.8) is 0 Å². The molecule has 1 aromatic rings. The quantitative estimate of drug-likeness (QED) is 0.534. The number of aliphatic imine (C=N–C) groups is 1. The van der Waals surface area contributed by atoms with Crippen molar-refractivity contribution in [3.8, 4) is 5.88 Å². The predicted molar refractivity (Wildman–Crippen MR) is 82.6 cm³/mol. The molecule has 7 nitrogen and oxygen atoms in total. The van der Waals surface area contributed by atoms with E-state index in [1.165, 1.54) is 16.3 Å². The summed E-state index contributed by atoms with van der Waals surface area (Å²) in [6.45, 7) is 2.11. The van der Waals surface area contributed by atoms with Crippen molar-refractivity contribution in [1.29, 1.82) is 0 Å². The fourth-order valence-electron chi connectivity index (χ4n) is 1.63. The number of H-pyrrole nitrogens is 1. The molecule has 0 unspecified atom stereocenters. The van der Waals surface area contributed by atoms with E-state index >= 15 is 0 Å². The number of carbonyl (C=O) groups is 1. The Hall–Kier alpha value is -1.61. The first-order chi connectivity index (χ1) is 9.92. The minimum atomic E-state index is -1.32. The molecule has 21 heavy (non-hydrogen) atoms. The van der Waals surface area contributed by atoms with Crippen molar-refractivity contribution < 1.29 is 15.0 Å². The fourth-order valence-corrected chi connectivity index (χ4v) is 2.40. The van der Waals surface area contributed by atoms with Crippen LogP contribution in [-0.2, 0) is 11.3 Å². The van der Waals surface area contributed by atoms with Gasteiger partial charge in [0, 0.05) is 12.8 Å². The van der Waals surface area contributed by atoms with E-state index in [0.29, 0.717) is 12.3 Å². The molecule has 0 aliphatic carbocycles. The molecule has 1 rings (SSSR count). The Morgan fingerprint density at radius 3 is 2.86 bits per heavy atom. The van der Waals surface area contributed by atoms with Crippen LogP contribution in [0, 0.1) is 4.77 Å². The first kappa shape index (κ1) is 17.4. The minimum absolute atomic E-state index is 0.0935. The van der Waals surface area contributed by atoms with Crippen LogP contribution in [0.5, 0.6) is 5.88 Å². The number of hydrogen-bond donors (Lipinski definition) is 2. The predicted octanol–water partition coefficient (Wildman–Crippen LogP) is -0.0781. The van der Waals surface area contributed by atoms with Crippen molar-refractivity contribution in [2.24, 2.45) is 4.99 Å². The molecule has 1 atom stereocenters. The van der Waals surface area contributed by atoms with Crippen molar-refractivity contribution >= 4 is 36.2 Å². The Bertz CT molecular complexity index is 651. The first-order valence-electron chi connectivity index (χ1n) is 6.21. The maximum Gasteiger partial charge on any atom is 0.264 e. The molecule has 2 N–H and O–H groups in total. The van der Waals surface area contributed by atoms with Gasteiger partial charge in [-0.1, -0.05) is 0 Å². The highest BCUT2D eigenvalue weighted by Crippen LogP contribution is 2.12. The Labute approximate surface area is 130 Å². The van der Waals surface area contributed by atoms with E-state index in [1.54, 1.807) is 6.92 Å². The van der Waals surface area contributed by atoms with Crippen molar-refractivity contribution in [2.75, 3.05) is 12.0 Å². The van der Waals surface area contributed by atoms with Gasteiger partial charge in [-0.25, -0.2) is 0 Å². The van der Waals surface area contributed by atoms with Gasteiger partial charge in [-0.15, -0.1) is 0 Å². The normalized spacial score (nSPS) is 12.7. The second kappa shape index (κ2) is 7.99. The summed E-state index contributed by atoms with van der Waals surface area (Å²) in [5.74, 6) is -1.06. The van der Waals surface area contributed by atoms with Gasteiger partial charge in [0.15, 0.2) is 4.77 Å². The Kier molecular flexibility index (Phi) is 6.63. The lowest BCUT2D eigenvalue weighted by molar-refractivity contribution is -0.307. The molecule has 0 aliphatic heterocycles. The lowest BCUT2D eigenvalue weighted by Gasteiger charge is -2.13. The molecule has 0 saturated carbocycles. The number of hydrogen-bond acceptors (Lipinski definition) is 7. The van der Waals surface area contributed by atoms with E-state index in [1.807, 2.05) is 6.26 Å². The van der Waals surface area contributed by atoms with E-state index < -0.39 is 17.6 Å². The van der Waals surface area contributed by atoms with Gasteiger partial charge in [-0.2, -0.15) is 11.8 Å². The molecule has 0 amide bonds. The zero-order valence-corrected chi connectivity index (χ0v) is 13.3.